The zero-order valence-electron chi connectivity index (χ0n) is 15.2. The van der Waals surface area contributed by atoms with Crippen LogP contribution in [0.4, 0.5) is 11.4 Å². The van der Waals surface area contributed by atoms with Gasteiger partial charge >= 0.3 is 0 Å². The summed E-state index contributed by atoms with van der Waals surface area (Å²) in [6.07, 6.45) is 0.751. The number of likely N-dealkylation sites (tertiary alicyclic amines) is 1. The summed E-state index contributed by atoms with van der Waals surface area (Å²) in [6.45, 7) is 3.66. The topological polar surface area (TPSA) is 83.8 Å². The molecule has 0 aliphatic carbocycles. The number of non-ortho nitro benzene ring substituents is 1. The number of aryl methyl sites for hydroxylation is 1. The van der Waals surface area contributed by atoms with Crippen molar-refractivity contribution in [3.8, 4) is 0 Å². The van der Waals surface area contributed by atoms with Crippen molar-refractivity contribution in [3.05, 3.63) is 63.7 Å². The predicted octanol–water partition coefficient (Wildman–Crippen LogP) is 2.90. The first-order chi connectivity index (χ1) is 12.8. The molecule has 8 heteroatoms. The largest absolute Gasteiger partial charge is 0.306 e. The third-order valence-electron chi connectivity index (χ3n) is 5.50. The van der Waals surface area contributed by atoms with Crippen molar-refractivity contribution in [1.29, 1.82) is 0 Å². The van der Waals surface area contributed by atoms with Crippen LogP contribution in [0.25, 0.3) is 0 Å². The number of nitro groups is 1. The molecule has 7 nitrogen and oxygen atoms in total. The van der Waals surface area contributed by atoms with Gasteiger partial charge in [-0.05, 0) is 50.7 Å². The maximum absolute atomic E-state index is 13.4. The van der Waals surface area contributed by atoms with Gasteiger partial charge in [0, 0.05) is 24.6 Å². The number of likely N-dealkylation sites (N-methyl/N-ethyl adjacent to an activating group) is 1. The van der Waals surface area contributed by atoms with Crippen LogP contribution in [0.5, 0.6) is 0 Å². The van der Waals surface area contributed by atoms with Crippen molar-refractivity contribution in [1.82, 2.24) is 4.90 Å². The molecule has 2 aromatic carbocycles. The van der Waals surface area contributed by atoms with E-state index < -0.39 is 14.9 Å². The minimum atomic E-state index is -3.80. The quantitative estimate of drug-likeness (QED) is 0.597. The number of anilines is 1. The molecular formula is C19H21N3O4S. The Kier molecular flexibility index (Phi) is 4.20. The normalized spacial score (nSPS) is 22.4. The minimum absolute atomic E-state index is 0.0826. The maximum atomic E-state index is 13.4. The summed E-state index contributed by atoms with van der Waals surface area (Å²) in [5.41, 5.74) is 2.78. The summed E-state index contributed by atoms with van der Waals surface area (Å²) in [5, 5.41) is 10.9. The van der Waals surface area contributed by atoms with E-state index in [1.165, 1.54) is 24.3 Å². The van der Waals surface area contributed by atoms with E-state index in [9.17, 15) is 18.5 Å². The lowest BCUT2D eigenvalue weighted by Crippen LogP contribution is -2.47. The number of piperidine rings is 1. The fraction of sp³-hybridized carbons (Fsp3) is 0.368. The van der Waals surface area contributed by atoms with Crippen LogP contribution in [-0.2, 0) is 10.0 Å². The zero-order chi connectivity index (χ0) is 19.3. The molecule has 2 aliphatic rings. The van der Waals surface area contributed by atoms with Crippen LogP contribution < -0.4 is 4.31 Å². The highest BCUT2D eigenvalue weighted by Gasteiger charge is 2.46. The van der Waals surface area contributed by atoms with E-state index in [0.717, 1.165) is 36.3 Å². The van der Waals surface area contributed by atoms with Crippen molar-refractivity contribution in [2.75, 3.05) is 24.4 Å². The van der Waals surface area contributed by atoms with E-state index in [0.29, 0.717) is 0 Å². The number of rotatable bonds is 3. The average Bonchev–Trinajstić information content (AvgIpc) is 2.95. The van der Waals surface area contributed by atoms with E-state index in [2.05, 4.69) is 18.0 Å². The van der Waals surface area contributed by atoms with E-state index in [1.54, 1.807) is 4.31 Å². The Hall–Kier alpha value is -2.45. The Morgan fingerprint density at radius 2 is 1.85 bits per heavy atom. The molecule has 2 atom stereocenters. The molecule has 2 aromatic rings. The molecule has 0 radical (unpaired) electrons. The number of benzene rings is 2. The third kappa shape index (κ3) is 2.89. The van der Waals surface area contributed by atoms with Crippen LogP contribution in [0.3, 0.4) is 0 Å². The van der Waals surface area contributed by atoms with Crippen LogP contribution in [0, 0.1) is 17.0 Å². The molecule has 2 aliphatic heterocycles. The Labute approximate surface area is 158 Å². The molecule has 0 N–H and O–H groups in total. The van der Waals surface area contributed by atoms with Gasteiger partial charge < -0.3 is 4.90 Å². The van der Waals surface area contributed by atoms with E-state index in [4.69, 9.17) is 0 Å². The fourth-order valence-corrected chi connectivity index (χ4v) is 5.94. The molecule has 27 heavy (non-hydrogen) atoms. The van der Waals surface area contributed by atoms with Crippen LogP contribution in [-0.4, -0.2) is 44.4 Å². The SMILES string of the molecule is Cc1ccc2c(c1)[C@H]1CN(C)CC[C@H]1N2S(=O)(=O)c1ccc([N+](=O)[O-])cc1. The molecular weight excluding hydrogens is 366 g/mol. The molecule has 1 saturated heterocycles. The lowest BCUT2D eigenvalue weighted by atomic mass is 9.89. The first kappa shape index (κ1) is 17.9. The average molecular weight is 387 g/mol. The standard InChI is InChI=1S/C19H21N3O4S/c1-13-3-8-18-16(11-13)17-12-20(2)10-9-19(17)21(18)27(25,26)15-6-4-14(5-7-15)22(23)24/h3-8,11,17,19H,9-10,12H2,1-2H3/t17-,19-/m1/s1. The molecule has 0 amide bonds. The maximum Gasteiger partial charge on any atom is 0.269 e. The number of sulfonamides is 1. The molecule has 0 unspecified atom stereocenters. The number of hydrogen-bond donors (Lipinski definition) is 0. The number of fused-ring (bicyclic) bond motifs is 3. The highest BCUT2D eigenvalue weighted by Crippen LogP contribution is 2.47. The van der Waals surface area contributed by atoms with Gasteiger partial charge in [-0.2, -0.15) is 0 Å². The van der Waals surface area contributed by atoms with Gasteiger partial charge in [-0.15, -0.1) is 0 Å². The lowest BCUT2D eigenvalue weighted by molar-refractivity contribution is -0.384. The Bertz CT molecular complexity index is 1000. The first-order valence-corrected chi connectivity index (χ1v) is 10.3. The number of nitro benzene ring substituents is 1. The monoisotopic (exact) mass is 387 g/mol. The second-order valence-corrected chi connectivity index (χ2v) is 9.15. The molecule has 4 rings (SSSR count). The van der Waals surface area contributed by atoms with Gasteiger partial charge in [-0.25, -0.2) is 8.42 Å². The second kappa shape index (κ2) is 6.31. The summed E-state index contributed by atoms with van der Waals surface area (Å²) < 4.78 is 28.4. The van der Waals surface area contributed by atoms with Gasteiger partial charge in [-0.3, -0.25) is 14.4 Å². The van der Waals surface area contributed by atoms with Crippen LogP contribution in [0.15, 0.2) is 47.4 Å². The first-order valence-electron chi connectivity index (χ1n) is 8.87. The van der Waals surface area contributed by atoms with Gasteiger partial charge in [0.05, 0.1) is 21.5 Å². The number of nitrogens with zero attached hydrogens (tertiary/aromatic N) is 3. The van der Waals surface area contributed by atoms with Gasteiger partial charge in [0.2, 0.25) is 0 Å². The van der Waals surface area contributed by atoms with Crippen molar-refractivity contribution >= 4 is 21.4 Å². The Balaban J connectivity index is 1.81. The highest BCUT2D eigenvalue weighted by molar-refractivity contribution is 7.92. The second-order valence-electron chi connectivity index (χ2n) is 7.34. The van der Waals surface area contributed by atoms with Gasteiger partial charge in [-0.1, -0.05) is 17.7 Å². The van der Waals surface area contributed by atoms with Gasteiger partial charge in [0.1, 0.15) is 0 Å². The molecule has 0 bridgehead atoms. The number of hydrogen-bond acceptors (Lipinski definition) is 5. The van der Waals surface area contributed by atoms with Gasteiger partial charge in [0.15, 0.2) is 0 Å². The van der Waals surface area contributed by atoms with Gasteiger partial charge in [0.25, 0.3) is 15.7 Å². The van der Waals surface area contributed by atoms with Crippen molar-refractivity contribution in [2.24, 2.45) is 0 Å². The predicted molar refractivity (Wildman–Crippen MR) is 103 cm³/mol. The van der Waals surface area contributed by atoms with E-state index in [1.807, 2.05) is 19.1 Å². The Morgan fingerprint density at radius 3 is 2.52 bits per heavy atom. The minimum Gasteiger partial charge on any atom is -0.306 e. The van der Waals surface area contributed by atoms with Crippen LogP contribution in [0.1, 0.15) is 23.5 Å². The van der Waals surface area contributed by atoms with Crippen molar-refractivity contribution < 1.29 is 13.3 Å². The third-order valence-corrected chi connectivity index (χ3v) is 7.36. The zero-order valence-corrected chi connectivity index (χ0v) is 16.0. The summed E-state index contributed by atoms with van der Waals surface area (Å²) in [4.78, 5) is 12.7. The van der Waals surface area contributed by atoms with E-state index in [-0.39, 0.29) is 22.5 Å². The lowest BCUT2D eigenvalue weighted by Gasteiger charge is -2.36. The van der Waals surface area contributed by atoms with Crippen LogP contribution in [0.2, 0.25) is 0 Å². The molecule has 0 aromatic heterocycles. The van der Waals surface area contributed by atoms with Crippen molar-refractivity contribution in [3.63, 3.8) is 0 Å². The molecule has 0 saturated carbocycles. The molecule has 0 spiro atoms. The summed E-state index contributed by atoms with van der Waals surface area (Å²) >= 11 is 0. The fourth-order valence-electron chi connectivity index (χ4n) is 4.20. The summed E-state index contributed by atoms with van der Waals surface area (Å²) in [5.74, 6) is 0.131. The van der Waals surface area contributed by atoms with Crippen molar-refractivity contribution in [2.45, 2.75) is 30.2 Å². The molecule has 1 fully saturated rings. The van der Waals surface area contributed by atoms with Crippen LogP contribution >= 0.6 is 0 Å². The van der Waals surface area contributed by atoms with E-state index >= 15 is 0 Å². The summed E-state index contributed by atoms with van der Waals surface area (Å²) in [6, 6.07) is 10.9. The molecule has 142 valence electrons. The Morgan fingerprint density at radius 1 is 1.15 bits per heavy atom. The highest BCUT2D eigenvalue weighted by atomic mass is 32.2. The molecule has 2 heterocycles. The summed E-state index contributed by atoms with van der Waals surface area (Å²) in [7, 11) is -1.75. The smallest absolute Gasteiger partial charge is 0.269 e.